The van der Waals surface area contributed by atoms with Crippen molar-refractivity contribution in [1.82, 2.24) is 5.32 Å². The fourth-order valence-electron chi connectivity index (χ4n) is 2.32. The molecule has 21 heavy (non-hydrogen) atoms. The van der Waals surface area contributed by atoms with Gasteiger partial charge in [-0.2, -0.15) is 0 Å². The van der Waals surface area contributed by atoms with Crippen LogP contribution in [0.1, 0.15) is 18.1 Å². The van der Waals surface area contributed by atoms with Gasteiger partial charge in [0.25, 0.3) is 0 Å². The molecule has 0 aliphatic rings. The van der Waals surface area contributed by atoms with E-state index in [2.05, 4.69) is 43.4 Å². The second-order valence-electron chi connectivity index (χ2n) is 5.37. The second-order valence-corrected chi connectivity index (χ2v) is 5.80. The molecule has 0 heterocycles. The molecule has 2 rings (SSSR count). The number of rotatable bonds is 6. The zero-order chi connectivity index (χ0) is 15.2. The van der Waals surface area contributed by atoms with Crippen molar-refractivity contribution in [3.63, 3.8) is 0 Å². The first kappa shape index (κ1) is 15.9. The fraction of sp³-hybridized carbons (Fsp3) is 0.333. The van der Waals surface area contributed by atoms with Crippen LogP contribution >= 0.6 is 11.6 Å². The molecule has 2 aromatic carbocycles. The maximum absolute atomic E-state index is 6.00. The third-order valence-electron chi connectivity index (χ3n) is 3.63. The van der Waals surface area contributed by atoms with E-state index in [4.69, 9.17) is 16.3 Å². The molecule has 0 fully saturated rings. The van der Waals surface area contributed by atoms with E-state index in [0.29, 0.717) is 5.02 Å². The molecule has 0 radical (unpaired) electrons. The summed E-state index contributed by atoms with van der Waals surface area (Å²) in [5, 5.41) is 4.04. The summed E-state index contributed by atoms with van der Waals surface area (Å²) in [6, 6.07) is 16.4. The van der Waals surface area contributed by atoms with Crippen molar-refractivity contribution in [2.24, 2.45) is 0 Å². The topological polar surface area (TPSA) is 21.3 Å². The van der Waals surface area contributed by atoms with Gasteiger partial charge in [-0.3, -0.25) is 0 Å². The summed E-state index contributed by atoms with van der Waals surface area (Å²) < 4.78 is 6.00. The minimum atomic E-state index is 0.0507. The Morgan fingerprint density at radius 1 is 1.14 bits per heavy atom. The lowest BCUT2D eigenvalue weighted by Gasteiger charge is -2.25. The minimum absolute atomic E-state index is 0.0507. The summed E-state index contributed by atoms with van der Waals surface area (Å²) in [6.07, 6.45) is 0.980. The summed E-state index contributed by atoms with van der Waals surface area (Å²) in [5.41, 5.74) is 2.59. The molecular weight excluding hydrogens is 282 g/mol. The first-order chi connectivity index (χ1) is 10.1. The van der Waals surface area contributed by atoms with Gasteiger partial charge in [0.15, 0.2) is 0 Å². The van der Waals surface area contributed by atoms with Crippen LogP contribution in [0, 0.1) is 6.92 Å². The SMILES string of the molecule is CNC(Cc1ccc(C)cc1)C(C)Oc1cccc(Cl)c1. The van der Waals surface area contributed by atoms with E-state index < -0.39 is 0 Å². The predicted molar refractivity (Wildman–Crippen MR) is 89.3 cm³/mol. The average molecular weight is 304 g/mol. The summed E-state index contributed by atoms with van der Waals surface area (Å²) in [5.74, 6) is 0.805. The van der Waals surface area contributed by atoms with E-state index in [0.717, 1.165) is 12.2 Å². The molecule has 0 aromatic heterocycles. The number of nitrogens with one attached hydrogen (secondary N) is 1. The lowest BCUT2D eigenvalue weighted by Crippen LogP contribution is -2.41. The lowest BCUT2D eigenvalue weighted by molar-refractivity contribution is 0.174. The highest BCUT2D eigenvalue weighted by Gasteiger charge is 2.17. The van der Waals surface area contributed by atoms with Crippen LogP contribution in [0.25, 0.3) is 0 Å². The van der Waals surface area contributed by atoms with Crippen molar-refractivity contribution < 1.29 is 4.74 Å². The first-order valence-corrected chi connectivity index (χ1v) is 7.61. The van der Waals surface area contributed by atoms with Gasteiger partial charge < -0.3 is 10.1 Å². The second kappa shape index (κ2) is 7.48. The Kier molecular flexibility index (Phi) is 5.66. The van der Waals surface area contributed by atoms with Crippen LogP contribution in [0.2, 0.25) is 5.02 Å². The number of benzene rings is 2. The third-order valence-corrected chi connectivity index (χ3v) is 3.87. The first-order valence-electron chi connectivity index (χ1n) is 7.23. The smallest absolute Gasteiger partial charge is 0.121 e. The van der Waals surface area contributed by atoms with Crippen molar-refractivity contribution in [3.05, 3.63) is 64.7 Å². The maximum Gasteiger partial charge on any atom is 0.121 e. The molecule has 2 unspecified atom stereocenters. The van der Waals surface area contributed by atoms with Crippen molar-refractivity contribution in [1.29, 1.82) is 0 Å². The van der Waals surface area contributed by atoms with Crippen molar-refractivity contribution in [3.8, 4) is 5.75 Å². The molecule has 2 aromatic rings. The summed E-state index contributed by atoms with van der Waals surface area (Å²) in [6.45, 7) is 4.18. The highest BCUT2D eigenvalue weighted by atomic mass is 35.5. The van der Waals surface area contributed by atoms with Crippen LogP contribution in [-0.2, 0) is 6.42 Å². The van der Waals surface area contributed by atoms with Gasteiger partial charge in [-0.15, -0.1) is 0 Å². The number of ether oxygens (including phenoxy) is 1. The molecule has 0 saturated heterocycles. The summed E-state index contributed by atoms with van der Waals surface area (Å²) in [7, 11) is 1.97. The summed E-state index contributed by atoms with van der Waals surface area (Å²) >= 11 is 5.99. The van der Waals surface area contributed by atoms with E-state index in [9.17, 15) is 0 Å². The Morgan fingerprint density at radius 3 is 2.48 bits per heavy atom. The average Bonchev–Trinajstić information content (AvgIpc) is 2.46. The monoisotopic (exact) mass is 303 g/mol. The van der Waals surface area contributed by atoms with Crippen LogP contribution in [-0.4, -0.2) is 19.2 Å². The molecule has 0 bridgehead atoms. The number of halogens is 1. The van der Waals surface area contributed by atoms with Crippen LogP contribution in [0.5, 0.6) is 5.75 Å². The minimum Gasteiger partial charge on any atom is -0.489 e. The molecule has 2 nitrogen and oxygen atoms in total. The number of hydrogen-bond acceptors (Lipinski definition) is 2. The zero-order valence-corrected chi connectivity index (χ0v) is 13.5. The molecule has 0 spiro atoms. The molecule has 0 amide bonds. The molecule has 0 saturated carbocycles. The Morgan fingerprint density at radius 2 is 1.86 bits per heavy atom. The van der Waals surface area contributed by atoms with Gasteiger partial charge in [0.2, 0.25) is 0 Å². The Balaban J connectivity index is 2.01. The quantitative estimate of drug-likeness (QED) is 0.861. The van der Waals surface area contributed by atoms with Gasteiger partial charge in [0, 0.05) is 11.1 Å². The largest absolute Gasteiger partial charge is 0.489 e. The van der Waals surface area contributed by atoms with Gasteiger partial charge in [-0.1, -0.05) is 47.5 Å². The van der Waals surface area contributed by atoms with Crippen molar-refractivity contribution in [2.45, 2.75) is 32.4 Å². The van der Waals surface area contributed by atoms with Gasteiger partial charge >= 0.3 is 0 Å². The van der Waals surface area contributed by atoms with Crippen LogP contribution < -0.4 is 10.1 Å². The van der Waals surface area contributed by atoms with Crippen LogP contribution in [0.3, 0.4) is 0 Å². The van der Waals surface area contributed by atoms with Crippen molar-refractivity contribution >= 4 is 11.6 Å². The number of likely N-dealkylation sites (N-methyl/N-ethyl adjacent to an activating group) is 1. The van der Waals surface area contributed by atoms with Gasteiger partial charge in [0.05, 0.1) is 0 Å². The van der Waals surface area contributed by atoms with Crippen molar-refractivity contribution in [2.75, 3.05) is 7.05 Å². The standard InChI is InChI=1S/C18H22ClNO/c1-13-7-9-15(10-8-13)11-18(20-3)14(2)21-17-6-4-5-16(19)12-17/h4-10,12,14,18,20H,11H2,1-3H3. The molecule has 3 heteroatoms. The van der Waals surface area contributed by atoms with E-state index >= 15 is 0 Å². The number of hydrogen-bond donors (Lipinski definition) is 1. The molecule has 2 atom stereocenters. The molecule has 0 aliphatic carbocycles. The normalized spacial score (nSPS) is 13.7. The molecule has 0 aliphatic heterocycles. The predicted octanol–water partition coefficient (Wildman–Crippen LogP) is 4.25. The van der Waals surface area contributed by atoms with E-state index in [1.54, 1.807) is 0 Å². The highest BCUT2D eigenvalue weighted by Crippen LogP contribution is 2.20. The summed E-state index contributed by atoms with van der Waals surface area (Å²) in [4.78, 5) is 0. The van der Waals surface area contributed by atoms with Gasteiger partial charge in [0.1, 0.15) is 11.9 Å². The maximum atomic E-state index is 6.00. The van der Waals surface area contributed by atoms with E-state index in [1.807, 2.05) is 31.3 Å². The molecule has 112 valence electrons. The lowest BCUT2D eigenvalue weighted by atomic mass is 10.0. The van der Waals surface area contributed by atoms with E-state index in [1.165, 1.54) is 11.1 Å². The Labute approximate surface area is 132 Å². The highest BCUT2D eigenvalue weighted by molar-refractivity contribution is 6.30. The molecule has 1 N–H and O–H groups in total. The van der Waals surface area contributed by atoms with E-state index in [-0.39, 0.29) is 12.1 Å². The Bertz CT molecular complexity index is 568. The van der Waals surface area contributed by atoms with Crippen LogP contribution in [0.15, 0.2) is 48.5 Å². The Hall–Kier alpha value is -1.51. The molecular formula is C18H22ClNO. The van der Waals surface area contributed by atoms with Gasteiger partial charge in [-0.05, 0) is 51.1 Å². The number of aryl methyl sites for hydroxylation is 1. The fourth-order valence-corrected chi connectivity index (χ4v) is 2.50. The van der Waals surface area contributed by atoms with Gasteiger partial charge in [-0.25, -0.2) is 0 Å². The zero-order valence-electron chi connectivity index (χ0n) is 12.8. The van der Waals surface area contributed by atoms with Crippen LogP contribution in [0.4, 0.5) is 0 Å². The third kappa shape index (κ3) is 4.76.